The fourth-order valence-corrected chi connectivity index (χ4v) is 8.39. The van der Waals surface area contributed by atoms with Crippen molar-refractivity contribution in [2.75, 3.05) is 0 Å². The van der Waals surface area contributed by atoms with Gasteiger partial charge in [-0.3, -0.25) is 0 Å². The monoisotopic (exact) mass is 644 g/mol. The Labute approximate surface area is 241 Å². The second kappa shape index (κ2) is 10.7. The number of hydrogen-bond acceptors (Lipinski definition) is 5. The summed E-state index contributed by atoms with van der Waals surface area (Å²) >= 11 is 0.133. The summed E-state index contributed by atoms with van der Waals surface area (Å²) in [6.45, 7) is 0. The Morgan fingerprint density at radius 2 is 1.37 bits per heavy atom. The van der Waals surface area contributed by atoms with Crippen LogP contribution in [-0.2, 0) is 21.0 Å². The number of rotatable bonds is 7. The number of fused-ring (bicyclic) bond motifs is 2. The zero-order chi connectivity index (χ0) is 28.8. The molecule has 1 fully saturated rings. The van der Waals surface area contributed by atoms with E-state index < -0.39 is 39.3 Å². The van der Waals surface area contributed by atoms with Crippen molar-refractivity contribution in [3.8, 4) is 11.5 Å². The van der Waals surface area contributed by atoms with Crippen molar-refractivity contribution in [2.24, 2.45) is 0 Å². The molecule has 2 aliphatic heterocycles. The van der Waals surface area contributed by atoms with Gasteiger partial charge in [-0.2, -0.15) is 13.2 Å². The first kappa shape index (κ1) is 27.6. The van der Waals surface area contributed by atoms with Gasteiger partial charge in [0.1, 0.15) is 0 Å². The maximum atomic E-state index is 13.4. The van der Waals surface area contributed by atoms with Crippen molar-refractivity contribution < 1.29 is 35.6 Å². The second-order valence-corrected chi connectivity index (χ2v) is 13.9. The van der Waals surface area contributed by atoms with Gasteiger partial charge in [-0.1, -0.05) is 0 Å². The predicted octanol–water partition coefficient (Wildman–Crippen LogP) is 4.93. The van der Waals surface area contributed by atoms with E-state index in [1.807, 2.05) is 30.3 Å². The molecule has 3 atom stereocenters. The molecule has 4 aromatic rings. The van der Waals surface area contributed by atoms with Gasteiger partial charge in [0.15, 0.2) is 0 Å². The number of alkyl halides is 3. The number of aromatic hydroxyl groups is 1. The number of ether oxygens (including phenoxy) is 1. The van der Waals surface area contributed by atoms with Crippen LogP contribution in [0.4, 0.5) is 13.2 Å². The Bertz CT molecular complexity index is 1690. The fourth-order valence-electron chi connectivity index (χ4n) is 5.22. The SMILES string of the molecule is O=S(=O)(Oc1ccc(C(F)(F)F)cc1)C1CC2OC1C(c1ccc(O)cc1)=C2c1ccc([Se]c2ccccc2)cc1. The third-order valence-corrected chi connectivity index (χ3v) is 10.8. The molecule has 2 aliphatic rings. The summed E-state index contributed by atoms with van der Waals surface area (Å²) < 4.78 is 79.5. The molecule has 10 heteroatoms. The van der Waals surface area contributed by atoms with E-state index in [1.54, 1.807) is 12.1 Å². The first-order valence-corrected chi connectivity index (χ1v) is 15.9. The molecular formula is C31H23F3O5SSe. The van der Waals surface area contributed by atoms with Crippen LogP contribution in [0.1, 0.15) is 23.1 Å². The molecule has 6 rings (SSSR count). The van der Waals surface area contributed by atoms with E-state index >= 15 is 0 Å². The molecule has 0 amide bonds. The number of phenolic OH excluding ortho intramolecular Hbond substituents is 1. The van der Waals surface area contributed by atoms with Crippen LogP contribution in [0.25, 0.3) is 11.1 Å². The van der Waals surface area contributed by atoms with Gasteiger partial charge >= 0.3 is 211 Å². The topological polar surface area (TPSA) is 72.8 Å². The van der Waals surface area contributed by atoms with Gasteiger partial charge in [0.05, 0.1) is 5.56 Å². The van der Waals surface area contributed by atoms with E-state index in [9.17, 15) is 26.7 Å². The van der Waals surface area contributed by atoms with Crippen LogP contribution in [-0.4, -0.2) is 45.9 Å². The normalized spacial score (nSPS) is 20.4. The van der Waals surface area contributed by atoms with Crippen molar-refractivity contribution in [3.05, 3.63) is 120 Å². The van der Waals surface area contributed by atoms with E-state index in [1.165, 1.54) is 21.1 Å². The van der Waals surface area contributed by atoms with E-state index in [2.05, 4.69) is 24.3 Å². The van der Waals surface area contributed by atoms with Gasteiger partial charge in [-0.25, -0.2) is 0 Å². The van der Waals surface area contributed by atoms with Crippen LogP contribution in [0.15, 0.2) is 103 Å². The second-order valence-electron chi connectivity index (χ2n) is 9.73. The Morgan fingerprint density at radius 3 is 2.00 bits per heavy atom. The molecule has 4 aromatic carbocycles. The summed E-state index contributed by atoms with van der Waals surface area (Å²) in [6.07, 6.45) is -5.78. The minimum absolute atomic E-state index is 0.0716. The van der Waals surface area contributed by atoms with Crippen LogP contribution >= 0.6 is 0 Å². The summed E-state index contributed by atoms with van der Waals surface area (Å²) in [5.74, 6) is -0.130. The van der Waals surface area contributed by atoms with Gasteiger partial charge in [0.25, 0.3) is 0 Å². The summed E-state index contributed by atoms with van der Waals surface area (Å²) in [7, 11) is -4.28. The molecular weight excluding hydrogens is 620 g/mol. The van der Waals surface area contributed by atoms with E-state index in [0.717, 1.165) is 35.4 Å². The van der Waals surface area contributed by atoms with E-state index in [-0.39, 0.29) is 32.9 Å². The third-order valence-electron chi connectivity index (χ3n) is 7.08. The quantitative estimate of drug-likeness (QED) is 0.229. The molecule has 3 unspecified atom stereocenters. The van der Waals surface area contributed by atoms with Crippen molar-refractivity contribution in [3.63, 3.8) is 0 Å². The molecule has 0 aliphatic carbocycles. The fraction of sp³-hybridized carbons (Fsp3) is 0.161. The average molecular weight is 644 g/mol. The van der Waals surface area contributed by atoms with Crippen LogP contribution < -0.4 is 13.1 Å². The zero-order valence-corrected chi connectivity index (χ0v) is 23.8. The number of benzene rings is 4. The first-order valence-electron chi connectivity index (χ1n) is 12.7. The number of halogens is 3. The Morgan fingerprint density at radius 1 is 0.780 bits per heavy atom. The minimum atomic E-state index is -4.54. The molecule has 0 spiro atoms. The van der Waals surface area contributed by atoms with Crippen LogP contribution in [0, 0.1) is 0 Å². The maximum absolute atomic E-state index is 13.4. The molecule has 2 heterocycles. The number of phenols is 1. The molecule has 5 nitrogen and oxygen atoms in total. The molecule has 0 radical (unpaired) electrons. The van der Waals surface area contributed by atoms with Gasteiger partial charge in [-0.05, 0) is 12.1 Å². The zero-order valence-electron chi connectivity index (χ0n) is 21.3. The molecule has 41 heavy (non-hydrogen) atoms. The van der Waals surface area contributed by atoms with Crippen LogP contribution in [0.2, 0.25) is 0 Å². The molecule has 210 valence electrons. The van der Waals surface area contributed by atoms with E-state index in [4.69, 9.17) is 8.92 Å². The number of hydrogen-bond donors (Lipinski definition) is 1. The Balaban J connectivity index is 1.31. The van der Waals surface area contributed by atoms with Crippen LogP contribution in [0.5, 0.6) is 11.5 Å². The average Bonchev–Trinajstić information content (AvgIpc) is 3.54. The van der Waals surface area contributed by atoms with Gasteiger partial charge < -0.3 is 0 Å². The molecule has 0 aromatic heterocycles. The Hall–Kier alpha value is -3.56. The first-order chi connectivity index (χ1) is 19.6. The van der Waals surface area contributed by atoms with Crippen molar-refractivity contribution in [2.45, 2.75) is 30.1 Å². The third kappa shape index (κ3) is 5.65. The molecule has 0 saturated carbocycles. The van der Waals surface area contributed by atoms with Gasteiger partial charge in [0, 0.05) is 0 Å². The standard InChI is InChI=1S/C31H23F3O5SSe/c32-31(33,34)21-10-14-23(15-11-21)39-40(36,37)27-18-26-28(29(30(27)38-26)20-6-12-22(35)13-7-20)19-8-16-25(17-9-19)41-24-4-2-1-3-5-24/h1-17,26-27,30,35H,18H2. The Kier molecular flexibility index (Phi) is 7.19. The molecule has 1 N–H and O–H groups in total. The van der Waals surface area contributed by atoms with Crippen molar-refractivity contribution >= 4 is 45.1 Å². The molecule has 1 saturated heterocycles. The van der Waals surface area contributed by atoms with Gasteiger partial charge in [0.2, 0.25) is 0 Å². The van der Waals surface area contributed by atoms with Crippen LogP contribution in [0.3, 0.4) is 0 Å². The predicted molar refractivity (Wildman–Crippen MR) is 151 cm³/mol. The summed E-state index contributed by atoms with van der Waals surface area (Å²) in [6, 6.07) is 28.4. The van der Waals surface area contributed by atoms with Crippen molar-refractivity contribution in [1.29, 1.82) is 0 Å². The van der Waals surface area contributed by atoms with Crippen molar-refractivity contribution in [1.82, 2.24) is 0 Å². The van der Waals surface area contributed by atoms with E-state index in [0.29, 0.717) is 11.1 Å². The summed E-state index contributed by atoms with van der Waals surface area (Å²) in [5, 5.41) is 8.78. The molecule has 2 bridgehead atoms. The van der Waals surface area contributed by atoms with Gasteiger partial charge in [-0.15, -0.1) is 0 Å². The summed E-state index contributed by atoms with van der Waals surface area (Å²) in [4.78, 5) is 0. The summed E-state index contributed by atoms with van der Waals surface area (Å²) in [5.41, 5.74) is 2.28.